The van der Waals surface area contributed by atoms with Gasteiger partial charge < -0.3 is 5.32 Å². The lowest BCUT2D eigenvalue weighted by atomic mass is 10.00. The Hall–Kier alpha value is -1.29. The van der Waals surface area contributed by atoms with Gasteiger partial charge in [0.25, 0.3) is 0 Å². The third kappa shape index (κ3) is 3.09. The zero-order valence-corrected chi connectivity index (χ0v) is 9.35. The van der Waals surface area contributed by atoms with Crippen molar-refractivity contribution in [3.8, 4) is 0 Å². The lowest BCUT2D eigenvalue weighted by Crippen LogP contribution is -2.23. The van der Waals surface area contributed by atoms with Crippen LogP contribution in [0.3, 0.4) is 0 Å². The first-order valence-electron chi connectivity index (χ1n) is 5.64. The van der Waals surface area contributed by atoms with E-state index >= 15 is 0 Å². The second kappa shape index (κ2) is 4.92. The smallest absolute Gasteiger partial charge is 0.313 e. The summed E-state index contributed by atoms with van der Waals surface area (Å²) in [4.78, 5) is 0. The number of hydrogen-bond acceptors (Lipinski definition) is 1. The Morgan fingerprint density at radius 3 is 2.59 bits per heavy atom. The zero-order valence-electron chi connectivity index (χ0n) is 9.35. The molecule has 92 valence electrons. The van der Waals surface area contributed by atoms with Crippen LogP contribution in [-0.4, -0.2) is 13.1 Å². The minimum Gasteiger partial charge on any atom is -0.313 e. The van der Waals surface area contributed by atoms with Crippen molar-refractivity contribution in [1.29, 1.82) is 0 Å². The Labute approximate surface area is 98.3 Å². The average Bonchev–Trinajstić information content (AvgIpc) is 2.30. The molecule has 0 atom stereocenters. The molecule has 1 aromatic rings. The van der Waals surface area contributed by atoms with Crippen LogP contribution in [0.4, 0.5) is 13.2 Å². The molecule has 0 aromatic heterocycles. The van der Waals surface area contributed by atoms with Gasteiger partial charge in [-0.3, -0.25) is 0 Å². The van der Waals surface area contributed by atoms with E-state index < -0.39 is 11.7 Å². The molecule has 1 saturated heterocycles. The van der Waals surface area contributed by atoms with E-state index in [0.717, 1.165) is 31.0 Å². The molecule has 1 nitrogen and oxygen atoms in total. The van der Waals surface area contributed by atoms with E-state index in [4.69, 9.17) is 0 Å². The number of hydrogen-bond donors (Lipinski definition) is 1. The fraction of sp³-hybridized carbons (Fsp3) is 0.385. The van der Waals surface area contributed by atoms with Crippen molar-refractivity contribution in [2.45, 2.75) is 19.0 Å². The highest BCUT2D eigenvalue weighted by Crippen LogP contribution is 2.33. The van der Waals surface area contributed by atoms with Crippen LogP contribution in [0.2, 0.25) is 0 Å². The Morgan fingerprint density at radius 2 is 1.94 bits per heavy atom. The van der Waals surface area contributed by atoms with Gasteiger partial charge in [-0.2, -0.15) is 13.2 Å². The Morgan fingerprint density at radius 1 is 1.18 bits per heavy atom. The van der Waals surface area contributed by atoms with E-state index in [-0.39, 0.29) is 5.56 Å². The SMILES string of the molecule is FC(F)(F)c1ccccc1/C=C1/CCCNC1. The summed E-state index contributed by atoms with van der Waals surface area (Å²) in [6, 6.07) is 5.70. The topological polar surface area (TPSA) is 12.0 Å². The molecular weight excluding hydrogens is 227 g/mol. The monoisotopic (exact) mass is 241 g/mol. The second-order valence-corrected chi connectivity index (χ2v) is 4.17. The highest BCUT2D eigenvalue weighted by molar-refractivity contribution is 5.58. The minimum absolute atomic E-state index is 0.263. The predicted octanol–water partition coefficient (Wildman–Crippen LogP) is 3.47. The molecule has 0 unspecified atom stereocenters. The van der Waals surface area contributed by atoms with Crippen LogP contribution < -0.4 is 5.32 Å². The highest BCUT2D eigenvalue weighted by Gasteiger charge is 2.32. The lowest BCUT2D eigenvalue weighted by molar-refractivity contribution is -0.137. The van der Waals surface area contributed by atoms with Gasteiger partial charge in [-0.05, 0) is 31.0 Å². The molecule has 1 heterocycles. The molecule has 1 aromatic carbocycles. The van der Waals surface area contributed by atoms with Crippen LogP contribution in [0.1, 0.15) is 24.0 Å². The summed E-state index contributed by atoms with van der Waals surface area (Å²) in [5.74, 6) is 0. The highest BCUT2D eigenvalue weighted by atomic mass is 19.4. The molecule has 0 aliphatic carbocycles. The summed E-state index contributed by atoms with van der Waals surface area (Å²) in [6.45, 7) is 1.63. The molecule has 1 fully saturated rings. The molecule has 1 aliphatic rings. The van der Waals surface area contributed by atoms with Gasteiger partial charge in [0.2, 0.25) is 0 Å². The number of benzene rings is 1. The number of rotatable bonds is 1. The minimum atomic E-state index is -4.28. The number of halogens is 3. The average molecular weight is 241 g/mol. The molecule has 2 rings (SSSR count). The molecular formula is C13H14F3N. The summed E-state index contributed by atoms with van der Waals surface area (Å²) >= 11 is 0. The van der Waals surface area contributed by atoms with Crippen LogP contribution in [0.25, 0.3) is 6.08 Å². The van der Waals surface area contributed by atoms with Gasteiger partial charge in [0.15, 0.2) is 0 Å². The Bertz CT molecular complexity index is 413. The van der Waals surface area contributed by atoms with Gasteiger partial charge in [0.1, 0.15) is 0 Å². The Balaban J connectivity index is 2.32. The van der Waals surface area contributed by atoms with E-state index in [0.29, 0.717) is 6.54 Å². The molecule has 1 aliphatic heterocycles. The molecule has 0 saturated carbocycles. The Kier molecular flexibility index (Phi) is 3.52. The summed E-state index contributed by atoms with van der Waals surface area (Å²) in [5, 5.41) is 3.16. The molecule has 17 heavy (non-hydrogen) atoms. The standard InChI is InChI=1S/C13H14F3N/c14-13(15,16)12-6-2-1-5-11(12)8-10-4-3-7-17-9-10/h1-2,5-6,8,17H,3-4,7,9H2/b10-8-. The first-order valence-corrected chi connectivity index (χ1v) is 5.64. The van der Waals surface area contributed by atoms with Gasteiger partial charge in [-0.1, -0.05) is 29.8 Å². The number of alkyl halides is 3. The fourth-order valence-corrected chi connectivity index (χ4v) is 2.00. The van der Waals surface area contributed by atoms with Crippen molar-refractivity contribution in [3.63, 3.8) is 0 Å². The first kappa shape index (κ1) is 12.2. The fourth-order valence-electron chi connectivity index (χ4n) is 2.00. The number of piperidine rings is 1. The largest absolute Gasteiger partial charge is 0.416 e. The van der Waals surface area contributed by atoms with Crippen molar-refractivity contribution < 1.29 is 13.2 Å². The molecule has 4 heteroatoms. The molecule has 0 bridgehead atoms. The molecule has 1 N–H and O–H groups in total. The van der Waals surface area contributed by atoms with E-state index in [1.54, 1.807) is 12.1 Å². The third-order valence-electron chi connectivity index (χ3n) is 2.83. The van der Waals surface area contributed by atoms with Gasteiger partial charge in [-0.25, -0.2) is 0 Å². The molecule has 0 amide bonds. The van der Waals surface area contributed by atoms with Crippen LogP contribution >= 0.6 is 0 Å². The van der Waals surface area contributed by atoms with Gasteiger partial charge >= 0.3 is 6.18 Å². The number of nitrogens with one attached hydrogen (secondary N) is 1. The van der Waals surface area contributed by atoms with Gasteiger partial charge in [0, 0.05) is 6.54 Å². The molecule has 0 radical (unpaired) electrons. The van der Waals surface area contributed by atoms with Crippen LogP contribution in [-0.2, 0) is 6.18 Å². The predicted molar refractivity (Wildman–Crippen MR) is 61.5 cm³/mol. The quantitative estimate of drug-likeness (QED) is 0.793. The summed E-state index contributed by atoms with van der Waals surface area (Å²) in [6.07, 6.45) is -0.760. The van der Waals surface area contributed by atoms with E-state index in [1.165, 1.54) is 12.1 Å². The van der Waals surface area contributed by atoms with Crippen molar-refractivity contribution in [2.24, 2.45) is 0 Å². The maximum atomic E-state index is 12.8. The third-order valence-corrected chi connectivity index (χ3v) is 2.83. The maximum Gasteiger partial charge on any atom is 0.416 e. The van der Waals surface area contributed by atoms with Crippen molar-refractivity contribution in [2.75, 3.05) is 13.1 Å². The van der Waals surface area contributed by atoms with Crippen LogP contribution in [0, 0.1) is 0 Å². The summed E-state index contributed by atoms with van der Waals surface area (Å²) < 4.78 is 38.3. The van der Waals surface area contributed by atoms with Crippen molar-refractivity contribution >= 4 is 6.08 Å². The van der Waals surface area contributed by atoms with E-state index in [9.17, 15) is 13.2 Å². The maximum absolute atomic E-state index is 12.8. The van der Waals surface area contributed by atoms with Crippen LogP contribution in [0.15, 0.2) is 29.8 Å². The van der Waals surface area contributed by atoms with E-state index in [2.05, 4.69) is 5.32 Å². The van der Waals surface area contributed by atoms with Crippen molar-refractivity contribution in [1.82, 2.24) is 5.32 Å². The van der Waals surface area contributed by atoms with E-state index in [1.807, 2.05) is 0 Å². The van der Waals surface area contributed by atoms with Gasteiger partial charge in [-0.15, -0.1) is 0 Å². The molecule has 0 spiro atoms. The first-order chi connectivity index (χ1) is 8.07. The summed E-state index contributed by atoms with van der Waals surface area (Å²) in [7, 11) is 0. The normalized spacial score (nSPS) is 19.6. The zero-order chi connectivity index (χ0) is 12.3. The van der Waals surface area contributed by atoms with Crippen molar-refractivity contribution in [3.05, 3.63) is 41.0 Å². The second-order valence-electron chi connectivity index (χ2n) is 4.17. The lowest BCUT2D eigenvalue weighted by Gasteiger charge is -2.16. The van der Waals surface area contributed by atoms with Crippen LogP contribution in [0.5, 0.6) is 0 Å². The summed E-state index contributed by atoms with van der Waals surface area (Å²) in [5.41, 5.74) is 0.740. The van der Waals surface area contributed by atoms with Gasteiger partial charge in [0.05, 0.1) is 5.56 Å².